The fourth-order valence-corrected chi connectivity index (χ4v) is 7.08. The van der Waals surface area contributed by atoms with Gasteiger partial charge in [-0.15, -0.1) is 18.5 Å². The Morgan fingerprint density at radius 1 is 0.978 bits per heavy atom. The third-order valence-electron chi connectivity index (χ3n) is 8.47. The highest BCUT2D eigenvalue weighted by Crippen LogP contribution is 2.37. The van der Waals surface area contributed by atoms with Gasteiger partial charge >= 0.3 is 0 Å². The summed E-state index contributed by atoms with van der Waals surface area (Å²) in [6.45, 7) is 2.82. The maximum atomic E-state index is 13.9. The molecule has 0 radical (unpaired) electrons. The number of fused-ring (bicyclic) bond motifs is 3. The van der Waals surface area contributed by atoms with Crippen LogP contribution in [0, 0.1) is 0 Å². The number of rotatable bonds is 8. The molecule has 0 spiro atoms. The molecule has 4 aromatic rings. The second kappa shape index (κ2) is 12.4. The van der Waals surface area contributed by atoms with E-state index in [-0.39, 0.29) is 34.7 Å². The average molecular weight is 680 g/mol. The van der Waals surface area contributed by atoms with Crippen molar-refractivity contribution in [1.82, 2.24) is 25.1 Å². The van der Waals surface area contributed by atoms with Gasteiger partial charge in [0.15, 0.2) is 0 Å². The zero-order chi connectivity index (χ0) is 32.1. The number of amides is 3. The zero-order valence-corrected chi connectivity index (χ0v) is 29.4. The highest BCUT2D eigenvalue weighted by Gasteiger charge is 2.49. The first-order valence-corrected chi connectivity index (χ1v) is 17.0. The van der Waals surface area contributed by atoms with Gasteiger partial charge in [0.2, 0.25) is 5.91 Å². The summed E-state index contributed by atoms with van der Waals surface area (Å²) >= 11 is 0. The Morgan fingerprint density at radius 2 is 1.64 bits per heavy atom. The molecule has 2 fully saturated rings. The highest BCUT2D eigenvalue weighted by molar-refractivity contribution is 7.39. The number of H-pyrrole nitrogens is 1. The molecular formula is C32H37N5O4P4. The molecule has 2 aliphatic heterocycles. The number of likely N-dealkylation sites (tertiary alicyclic amines) is 2. The molecule has 234 valence electrons. The molecule has 3 N–H and O–H groups in total. The van der Waals surface area contributed by atoms with Gasteiger partial charge in [-0.3, -0.25) is 19.4 Å². The van der Waals surface area contributed by atoms with Gasteiger partial charge in [0, 0.05) is 35.8 Å². The summed E-state index contributed by atoms with van der Waals surface area (Å²) < 4.78 is 0. The number of para-hydroxylation sites is 1. The number of hydrogen-bond acceptors (Lipinski definition) is 5. The molecule has 7 unspecified atom stereocenters. The first-order chi connectivity index (χ1) is 21.3. The van der Waals surface area contributed by atoms with Crippen LogP contribution < -0.4 is 5.32 Å². The Balaban J connectivity index is 1.11. The summed E-state index contributed by atoms with van der Waals surface area (Å²) in [6, 6.07) is 19.6. The lowest BCUT2D eigenvalue weighted by atomic mass is 10.1. The predicted octanol–water partition coefficient (Wildman–Crippen LogP) is 4.16. The number of carbonyl (C=O) groups is 3. The van der Waals surface area contributed by atoms with Crippen molar-refractivity contribution in [3.05, 3.63) is 89.9 Å². The van der Waals surface area contributed by atoms with Crippen molar-refractivity contribution in [1.29, 1.82) is 0 Å². The fraction of sp³-hybridized carbons (Fsp3) is 0.312. The van der Waals surface area contributed by atoms with Gasteiger partial charge < -0.3 is 25.2 Å². The summed E-state index contributed by atoms with van der Waals surface area (Å²) in [4.78, 5) is 51.5. The average Bonchev–Trinajstić information content (AvgIpc) is 3.74. The van der Waals surface area contributed by atoms with Gasteiger partial charge in [0.25, 0.3) is 11.8 Å². The van der Waals surface area contributed by atoms with Crippen LogP contribution in [0.2, 0.25) is 0 Å². The van der Waals surface area contributed by atoms with Gasteiger partial charge in [-0.1, -0.05) is 73.9 Å². The van der Waals surface area contributed by atoms with Crippen molar-refractivity contribution < 1.29 is 19.5 Å². The van der Waals surface area contributed by atoms with E-state index in [9.17, 15) is 19.5 Å². The molecule has 2 aromatic heterocycles. The van der Waals surface area contributed by atoms with E-state index < -0.39 is 11.1 Å². The smallest absolute Gasteiger partial charge is 0.272 e. The lowest BCUT2D eigenvalue weighted by Crippen LogP contribution is -2.56. The number of carbonyl (C=O) groups excluding carboxylic acids is 3. The molecule has 9 nitrogen and oxygen atoms in total. The molecule has 45 heavy (non-hydrogen) atoms. The summed E-state index contributed by atoms with van der Waals surface area (Å²) in [6.07, 6.45) is 2.79. The summed E-state index contributed by atoms with van der Waals surface area (Å²) in [5.41, 5.74) is 4.16. The molecule has 2 bridgehead atoms. The van der Waals surface area contributed by atoms with Gasteiger partial charge in [-0.05, 0) is 47.1 Å². The number of pyridine rings is 1. The van der Waals surface area contributed by atoms with Crippen LogP contribution in [0.1, 0.15) is 46.3 Å². The Kier molecular flexibility index (Phi) is 8.89. The number of nitrogens with zero attached hydrogens (tertiary/aromatic N) is 3. The summed E-state index contributed by atoms with van der Waals surface area (Å²) in [5, 5.41) is 13.0. The minimum Gasteiger partial charge on any atom is -0.378 e. The van der Waals surface area contributed by atoms with Crippen molar-refractivity contribution in [2.45, 2.75) is 47.9 Å². The predicted molar refractivity (Wildman–Crippen MR) is 190 cm³/mol. The maximum absolute atomic E-state index is 13.9. The molecule has 2 saturated heterocycles. The van der Waals surface area contributed by atoms with Crippen LogP contribution in [0.5, 0.6) is 0 Å². The quantitative estimate of drug-likeness (QED) is 0.242. The van der Waals surface area contributed by atoms with Crippen molar-refractivity contribution in [2.75, 3.05) is 13.1 Å². The second-order valence-electron chi connectivity index (χ2n) is 12.3. The molecule has 2 aromatic carbocycles. The topological polar surface area (TPSA) is 119 Å². The SMILES string of the molecule is CC(P)(P)CC(NC(=O)c1cc2ccccc2[nH]1)C(=O)N1CC2CC1CN2C(=O)c1ccc(-c2ccc(C(O)(P)P)cc2)cn1. The Bertz CT molecular complexity index is 1720. The van der Waals surface area contributed by atoms with Crippen molar-refractivity contribution in [3.8, 4) is 11.1 Å². The van der Waals surface area contributed by atoms with Gasteiger partial charge in [0.1, 0.15) is 22.5 Å². The molecule has 0 aliphatic carbocycles. The Morgan fingerprint density at radius 3 is 2.24 bits per heavy atom. The van der Waals surface area contributed by atoms with Crippen LogP contribution in [0.15, 0.2) is 72.9 Å². The van der Waals surface area contributed by atoms with E-state index in [4.69, 9.17) is 0 Å². The zero-order valence-electron chi connectivity index (χ0n) is 24.8. The number of benzene rings is 2. The van der Waals surface area contributed by atoms with Gasteiger partial charge in [-0.25, -0.2) is 0 Å². The molecule has 3 amide bonds. The molecule has 2 aliphatic rings. The lowest BCUT2D eigenvalue weighted by molar-refractivity contribution is -0.135. The number of piperazine rings is 1. The van der Waals surface area contributed by atoms with E-state index in [1.807, 2.05) is 71.3 Å². The third kappa shape index (κ3) is 6.99. The molecule has 0 saturated carbocycles. The molecule has 7 atom stereocenters. The number of aromatic amines is 1. The highest BCUT2D eigenvalue weighted by atomic mass is 31.1. The van der Waals surface area contributed by atoms with Crippen LogP contribution >= 0.6 is 37.0 Å². The first-order valence-electron chi connectivity index (χ1n) is 14.7. The van der Waals surface area contributed by atoms with Gasteiger partial charge in [0.05, 0.1) is 12.1 Å². The van der Waals surface area contributed by atoms with Crippen molar-refractivity contribution >= 4 is 65.6 Å². The number of aromatic nitrogens is 2. The van der Waals surface area contributed by atoms with E-state index in [0.717, 1.165) is 27.6 Å². The van der Waals surface area contributed by atoms with Gasteiger partial charge in [-0.2, -0.15) is 0 Å². The number of hydrogen-bond donors (Lipinski definition) is 3. The van der Waals surface area contributed by atoms with Crippen molar-refractivity contribution in [3.63, 3.8) is 0 Å². The minimum atomic E-state index is -1.08. The van der Waals surface area contributed by atoms with E-state index in [1.54, 1.807) is 18.3 Å². The maximum Gasteiger partial charge on any atom is 0.272 e. The van der Waals surface area contributed by atoms with E-state index in [2.05, 4.69) is 52.2 Å². The lowest BCUT2D eigenvalue weighted by Gasteiger charge is -2.37. The minimum absolute atomic E-state index is 0.110. The Labute approximate surface area is 271 Å². The molecular weight excluding hydrogens is 642 g/mol. The monoisotopic (exact) mass is 679 g/mol. The van der Waals surface area contributed by atoms with Crippen LogP contribution in [0.4, 0.5) is 0 Å². The van der Waals surface area contributed by atoms with E-state index in [0.29, 0.717) is 37.3 Å². The van der Waals surface area contributed by atoms with E-state index >= 15 is 0 Å². The second-order valence-corrected chi connectivity index (χ2v) is 18.1. The van der Waals surface area contributed by atoms with Crippen LogP contribution in [0.25, 0.3) is 22.0 Å². The fourth-order valence-electron chi connectivity index (χ4n) is 6.23. The first kappa shape index (κ1) is 32.2. The standard InChI is InChI=1S/C32H37N5O4P4/c1-31(42,43)14-27(35-28(38)26-12-19-4-2-3-5-24(19)34-26)30(40)37-17-22-13-23(37)16-36(22)29(39)25-11-8-20(15-33-25)18-6-9-21(10-7-18)32(41,44)45/h2-12,15,22-23,27,34,41H,13-14,16-17,42-45H2,1H3,(H,35,38). The number of nitrogens with one attached hydrogen (secondary N) is 2. The summed E-state index contributed by atoms with van der Waals surface area (Å²) in [5.74, 6) is -0.616. The molecule has 4 heterocycles. The van der Waals surface area contributed by atoms with Crippen molar-refractivity contribution in [2.24, 2.45) is 0 Å². The third-order valence-corrected chi connectivity index (χ3v) is 9.61. The van der Waals surface area contributed by atoms with Crippen LogP contribution in [-0.2, 0) is 9.88 Å². The largest absolute Gasteiger partial charge is 0.378 e. The normalized spacial score (nSPS) is 18.8. The summed E-state index contributed by atoms with van der Waals surface area (Å²) in [7, 11) is 10.2. The number of aliphatic hydroxyl groups is 1. The molecule has 6 rings (SSSR count). The van der Waals surface area contributed by atoms with Crippen LogP contribution in [0.3, 0.4) is 0 Å². The molecule has 13 heteroatoms. The Hall–Kier alpha value is -2.78. The van der Waals surface area contributed by atoms with Crippen LogP contribution in [-0.4, -0.2) is 78.7 Å². The van der Waals surface area contributed by atoms with E-state index in [1.165, 1.54) is 0 Å².